The first-order valence-corrected chi connectivity index (χ1v) is 5.57. The Balaban J connectivity index is 2.35. The quantitative estimate of drug-likeness (QED) is 0.850. The normalized spacial score (nSPS) is 12.6. The molecule has 0 aliphatic heterocycles. The van der Waals surface area contributed by atoms with Crippen LogP contribution in [0.25, 0.3) is 0 Å². The highest BCUT2D eigenvalue weighted by Crippen LogP contribution is 2.21. The van der Waals surface area contributed by atoms with Gasteiger partial charge in [0, 0.05) is 0 Å². The van der Waals surface area contributed by atoms with Gasteiger partial charge < -0.3 is 5.32 Å². The molecule has 0 saturated heterocycles. The largest absolute Gasteiger partial charge is 0.305 e. The van der Waals surface area contributed by atoms with Gasteiger partial charge in [-0.25, -0.2) is 4.39 Å². The topological polar surface area (TPSA) is 53.6 Å². The smallest absolute Gasteiger partial charge is 0.126 e. The second-order valence-electron chi connectivity index (χ2n) is 3.89. The number of aryl methyl sites for hydroxylation is 1. The molecule has 0 amide bonds. The van der Waals surface area contributed by atoms with Gasteiger partial charge in [0.05, 0.1) is 12.2 Å². The van der Waals surface area contributed by atoms with E-state index in [9.17, 15) is 4.39 Å². The van der Waals surface area contributed by atoms with Crippen molar-refractivity contribution in [3.8, 4) is 0 Å². The molecule has 1 unspecified atom stereocenters. The Morgan fingerprint density at radius 3 is 2.88 bits per heavy atom. The van der Waals surface area contributed by atoms with Gasteiger partial charge in [-0.1, -0.05) is 19.1 Å². The molecule has 0 aliphatic rings. The van der Waals surface area contributed by atoms with E-state index in [1.807, 2.05) is 13.0 Å². The summed E-state index contributed by atoms with van der Waals surface area (Å²) in [6.07, 6.45) is 1.67. The van der Waals surface area contributed by atoms with E-state index in [1.54, 1.807) is 19.2 Å². The van der Waals surface area contributed by atoms with Crippen molar-refractivity contribution in [3.63, 3.8) is 0 Å². The average Bonchev–Trinajstić information content (AvgIpc) is 2.83. The fourth-order valence-corrected chi connectivity index (χ4v) is 1.79. The molecule has 2 aromatic rings. The van der Waals surface area contributed by atoms with Crippen LogP contribution in [-0.2, 0) is 0 Å². The van der Waals surface area contributed by atoms with E-state index < -0.39 is 0 Å². The van der Waals surface area contributed by atoms with Crippen LogP contribution >= 0.6 is 0 Å². The lowest BCUT2D eigenvalue weighted by Crippen LogP contribution is -2.22. The van der Waals surface area contributed by atoms with Gasteiger partial charge in [0.1, 0.15) is 11.5 Å². The zero-order valence-electron chi connectivity index (χ0n) is 9.87. The fourth-order valence-electron chi connectivity index (χ4n) is 1.79. The summed E-state index contributed by atoms with van der Waals surface area (Å²) in [6.45, 7) is 4.57. The van der Waals surface area contributed by atoms with Crippen LogP contribution in [0.15, 0.2) is 24.4 Å². The summed E-state index contributed by atoms with van der Waals surface area (Å²) in [6, 6.07) is 5.02. The maximum Gasteiger partial charge on any atom is 0.126 e. The highest BCUT2D eigenvalue weighted by molar-refractivity contribution is 5.30. The Kier molecular flexibility index (Phi) is 3.49. The molecule has 1 aromatic carbocycles. The van der Waals surface area contributed by atoms with E-state index in [-0.39, 0.29) is 11.9 Å². The summed E-state index contributed by atoms with van der Waals surface area (Å²) in [5, 5.41) is 13.8. The lowest BCUT2D eigenvalue weighted by atomic mass is 10.0. The summed E-state index contributed by atoms with van der Waals surface area (Å²) in [5.41, 5.74) is 2.42. The van der Waals surface area contributed by atoms with Crippen LogP contribution in [0.3, 0.4) is 0 Å². The Labute approximate surface area is 99.2 Å². The molecule has 90 valence electrons. The molecule has 17 heavy (non-hydrogen) atoms. The number of H-pyrrole nitrogens is 1. The first-order valence-electron chi connectivity index (χ1n) is 5.57. The van der Waals surface area contributed by atoms with Crippen molar-refractivity contribution < 1.29 is 4.39 Å². The molecule has 0 aliphatic carbocycles. The Hall–Kier alpha value is -1.75. The fraction of sp³-hybridized carbons (Fsp3) is 0.333. The predicted molar refractivity (Wildman–Crippen MR) is 63.0 cm³/mol. The van der Waals surface area contributed by atoms with E-state index in [1.165, 1.54) is 6.07 Å². The van der Waals surface area contributed by atoms with Gasteiger partial charge in [0.25, 0.3) is 0 Å². The second-order valence-corrected chi connectivity index (χ2v) is 3.89. The minimum absolute atomic E-state index is 0.0574. The number of halogens is 1. The van der Waals surface area contributed by atoms with Crippen molar-refractivity contribution >= 4 is 0 Å². The van der Waals surface area contributed by atoms with Crippen LogP contribution in [0, 0.1) is 12.7 Å². The number of hydrogen-bond donors (Lipinski definition) is 2. The summed E-state index contributed by atoms with van der Waals surface area (Å²) in [4.78, 5) is 0. The number of nitrogens with zero attached hydrogens (tertiary/aromatic N) is 2. The number of hydrogen-bond acceptors (Lipinski definition) is 3. The van der Waals surface area contributed by atoms with Gasteiger partial charge in [-0.15, -0.1) is 0 Å². The minimum Gasteiger partial charge on any atom is -0.305 e. The molecule has 0 fully saturated rings. The number of nitrogens with one attached hydrogen (secondary N) is 2. The SMILES string of the molecule is CCNC(c1ccc(F)c(C)c1)c1cn[nH]n1. The maximum atomic E-state index is 13.2. The molecule has 0 spiro atoms. The molecule has 5 heteroatoms. The third kappa shape index (κ3) is 2.50. The van der Waals surface area contributed by atoms with E-state index >= 15 is 0 Å². The van der Waals surface area contributed by atoms with Crippen molar-refractivity contribution in [1.29, 1.82) is 0 Å². The highest BCUT2D eigenvalue weighted by atomic mass is 19.1. The standard InChI is InChI=1S/C12H15FN4/c1-3-14-12(11-7-15-17-16-11)9-4-5-10(13)8(2)6-9/h4-7,12,14H,3H2,1-2H3,(H,15,16,17). The van der Waals surface area contributed by atoms with Gasteiger partial charge in [0.2, 0.25) is 0 Å². The number of rotatable bonds is 4. The van der Waals surface area contributed by atoms with E-state index in [0.29, 0.717) is 5.56 Å². The molecule has 0 saturated carbocycles. The van der Waals surface area contributed by atoms with Gasteiger partial charge in [-0.05, 0) is 30.7 Å². The average molecular weight is 234 g/mol. The van der Waals surface area contributed by atoms with Crippen LogP contribution in [0.4, 0.5) is 4.39 Å². The summed E-state index contributed by atoms with van der Waals surface area (Å²) in [7, 11) is 0. The number of aromatic nitrogens is 3. The molecule has 1 heterocycles. The van der Waals surface area contributed by atoms with Crippen molar-refractivity contribution in [2.24, 2.45) is 0 Å². The summed E-state index contributed by atoms with van der Waals surface area (Å²) >= 11 is 0. The van der Waals surface area contributed by atoms with Gasteiger partial charge >= 0.3 is 0 Å². The first-order chi connectivity index (χ1) is 8.22. The maximum absolute atomic E-state index is 13.2. The number of aromatic amines is 1. The lowest BCUT2D eigenvalue weighted by molar-refractivity contribution is 0.599. The van der Waals surface area contributed by atoms with Crippen LogP contribution in [0.2, 0.25) is 0 Å². The molecule has 0 radical (unpaired) electrons. The molecular formula is C12H15FN4. The Bertz CT molecular complexity index is 481. The first kappa shape index (κ1) is 11.7. The third-order valence-corrected chi connectivity index (χ3v) is 2.65. The van der Waals surface area contributed by atoms with Gasteiger partial charge in [0.15, 0.2) is 0 Å². The van der Waals surface area contributed by atoms with Crippen molar-refractivity contribution in [3.05, 3.63) is 47.0 Å². The van der Waals surface area contributed by atoms with E-state index in [0.717, 1.165) is 17.8 Å². The lowest BCUT2D eigenvalue weighted by Gasteiger charge is -2.16. The molecule has 0 bridgehead atoms. The van der Waals surface area contributed by atoms with Crippen molar-refractivity contribution in [2.75, 3.05) is 6.54 Å². The van der Waals surface area contributed by atoms with Crippen LogP contribution in [-0.4, -0.2) is 22.0 Å². The zero-order valence-corrected chi connectivity index (χ0v) is 9.87. The predicted octanol–water partition coefficient (Wildman–Crippen LogP) is 1.95. The summed E-state index contributed by atoms with van der Waals surface area (Å²) < 4.78 is 13.2. The van der Waals surface area contributed by atoms with Crippen molar-refractivity contribution in [1.82, 2.24) is 20.7 Å². The molecular weight excluding hydrogens is 219 g/mol. The number of benzene rings is 1. The Morgan fingerprint density at radius 2 is 2.29 bits per heavy atom. The molecule has 2 N–H and O–H groups in total. The van der Waals surface area contributed by atoms with Gasteiger partial charge in [-0.2, -0.15) is 15.4 Å². The second kappa shape index (κ2) is 5.05. The van der Waals surface area contributed by atoms with E-state index in [2.05, 4.69) is 20.7 Å². The minimum atomic E-state index is -0.191. The Morgan fingerprint density at radius 1 is 1.47 bits per heavy atom. The molecule has 1 atom stereocenters. The molecule has 1 aromatic heterocycles. The van der Waals surface area contributed by atoms with Crippen LogP contribution < -0.4 is 5.32 Å². The van der Waals surface area contributed by atoms with Crippen LogP contribution in [0.1, 0.15) is 29.8 Å². The third-order valence-electron chi connectivity index (χ3n) is 2.65. The van der Waals surface area contributed by atoms with Crippen LogP contribution in [0.5, 0.6) is 0 Å². The molecule has 2 rings (SSSR count). The summed E-state index contributed by atoms with van der Waals surface area (Å²) in [5.74, 6) is -0.191. The zero-order chi connectivity index (χ0) is 12.3. The van der Waals surface area contributed by atoms with E-state index in [4.69, 9.17) is 0 Å². The highest BCUT2D eigenvalue weighted by Gasteiger charge is 2.16. The van der Waals surface area contributed by atoms with Gasteiger partial charge in [-0.3, -0.25) is 0 Å². The van der Waals surface area contributed by atoms with Crippen molar-refractivity contribution in [2.45, 2.75) is 19.9 Å². The monoisotopic (exact) mass is 234 g/mol. The molecule has 4 nitrogen and oxygen atoms in total.